The van der Waals surface area contributed by atoms with Crippen LogP contribution < -0.4 is 0 Å². The van der Waals surface area contributed by atoms with Crippen LogP contribution in [0.4, 0.5) is 5.69 Å². The predicted octanol–water partition coefficient (Wildman–Crippen LogP) is 4.69. The van der Waals surface area contributed by atoms with Crippen molar-refractivity contribution in [1.82, 2.24) is 14.8 Å². The van der Waals surface area contributed by atoms with E-state index >= 15 is 0 Å². The molecule has 1 aliphatic heterocycles. The molecule has 2 aromatic heterocycles. The molecule has 1 saturated heterocycles. The van der Waals surface area contributed by atoms with Crippen LogP contribution in [0.3, 0.4) is 0 Å². The highest BCUT2D eigenvalue weighted by Gasteiger charge is 2.22. The van der Waals surface area contributed by atoms with Crippen LogP contribution in [-0.4, -0.2) is 32.4 Å². The smallest absolute Gasteiger partial charge is 0.272 e. The number of thiophene rings is 1. The molecule has 1 aromatic carbocycles. The van der Waals surface area contributed by atoms with E-state index in [2.05, 4.69) is 14.8 Å². The van der Waals surface area contributed by atoms with Crippen molar-refractivity contribution in [1.29, 1.82) is 0 Å². The van der Waals surface area contributed by atoms with Crippen molar-refractivity contribution >= 4 is 28.8 Å². The van der Waals surface area contributed by atoms with Gasteiger partial charge in [-0.05, 0) is 36.8 Å². The minimum atomic E-state index is -0.335. The summed E-state index contributed by atoms with van der Waals surface area (Å²) in [7, 11) is 0. The summed E-state index contributed by atoms with van der Waals surface area (Å²) in [5.74, 6) is 1.45. The van der Waals surface area contributed by atoms with E-state index in [0.29, 0.717) is 11.3 Å². The molecule has 9 heteroatoms. The first-order valence-electron chi connectivity index (χ1n) is 9.08. The quantitative estimate of drug-likeness (QED) is 0.315. The lowest BCUT2D eigenvalue weighted by Gasteiger charge is -2.14. The van der Waals surface area contributed by atoms with Crippen LogP contribution in [0.2, 0.25) is 0 Å². The number of hydrogen-bond donors (Lipinski definition) is 0. The summed E-state index contributed by atoms with van der Waals surface area (Å²) < 4.78 is 7.94. The number of benzene rings is 1. The third-order valence-electron chi connectivity index (χ3n) is 4.84. The van der Waals surface area contributed by atoms with E-state index in [4.69, 9.17) is 4.74 Å². The molecule has 28 heavy (non-hydrogen) atoms. The Kier molecular flexibility index (Phi) is 5.74. The van der Waals surface area contributed by atoms with Gasteiger partial charge in [-0.3, -0.25) is 14.7 Å². The van der Waals surface area contributed by atoms with Gasteiger partial charge in [0, 0.05) is 24.0 Å². The van der Waals surface area contributed by atoms with Crippen molar-refractivity contribution in [2.75, 3.05) is 6.61 Å². The molecule has 0 saturated carbocycles. The second-order valence-corrected chi connectivity index (χ2v) is 8.53. The predicted molar refractivity (Wildman–Crippen MR) is 110 cm³/mol. The molecule has 3 heterocycles. The Morgan fingerprint density at radius 3 is 2.96 bits per heavy atom. The van der Waals surface area contributed by atoms with Crippen molar-refractivity contribution in [2.45, 2.75) is 43.3 Å². The fraction of sp³-hybridized carbons (Fsp3) is 0.368. The van der Waals surface area contributed by atoms with Gasteiger partial charge in [0.15, 0.2) is 11.0 Å². The Balaban J connectivity index is 1.59. The highest BCUT2D eigenvalue weighted by Crippen LogP contribution is 2.32. The fourth-order valence-electron chi connectivity index (χ4n) is 3.31. The van der Waals surface area contributed by atoms with Crippen LogP contribution >= 0.6 is 23.1 Å². The lowest BCUT2D eigenvalue weighted by Crippen LogP contribution is -2.16. The lowest BCUT2D eigenvalue weighted by molar-refractivity contribution is -0.385. The van der Waals surface area contributed by atoms with Crippen LogP contribution in [0.15, 0.2) is 40.9 Å². The Morgan fingerprint density at radius 2 is 2.25 bits per heavy atom. The van der Waals surface area contributed by atoms with E-state index in [0.717, 1.165) is 47.4 Å². The zero-order chi connectivity index (χ0) is 19.5. The number of nitro benzene ring substituents is 1. The maximum Gasteiger partial charge on any atom is 0.272 e. The van der Waals surface area contributed by atoms with Gasteiger partial charge in [0.2, 0.25) is 0 Å². The Hall–Kier alpha value is -2.23. The summed E-state index contributed by atoms with van der Waals surface area (Å²) in [4.78, 5) is 11.9. The van der Waals surface area contributed by atoms with E-state index in [1.807, 2.05) is 23.6 Å². The molecule has 1 unspecified atom stereocenters. The standard InChI is InChI=1S/C19H20N4O3S2/c1-13-14(5-2-7-16(13)23(24)25)12-28-19-21-20-18(17-8-4-10-27-17)22(19)11-15-6-3-9-26-15/h2,4-5,7-8,10,15H,3,6,9,11-12H2,1H3. The zero-order valence-corrected chi connectivity index (χ0v) is 17.0. The summed E-state index contributed by atoms with van der Waals surface area (Å²) in [5, 5.41) is 22.9. The molecule has 0 radical (unpaired) electrons. The normalized spacial score (nSPS) is 16.5. The van der Waals surface area contributed by atoms with Crippen LogP contribution in [0.5, 0.6) is 0 Å². The molecule has 1 atom stereocenters. The van der Waals surface area contributed by atoms with E-state index in [-0.39, 0.29) is 16.7 Å². The molecule has 3 aromatic rings. The Labute approximate surface area is 170 Å². The zero-order valence-electron chi connectivity index (χ0n) is 15.4. The van der Waals surface area contributed by atoms with Crippen molar-refractivity contribution < 1.29 is 9.66 Å². The van der Waals surface area contributed by atoms with Gasteiger partial charge in [-0.25, -0.2) is 0 Å². The molecule has 0 N–H and O–H groups in total. The topological polar surface area (TPSA) is 83.1 Å². The Morgan fingerprint density at radius 1 is 1.36 bits per heavy atom. The average molecular weight is 417 g/mol. The van der Waals surface area contributed by atoms with E-state index in [1.165, 1.54) is 0 Å². The maximum atomic E-state index is 11.2. The summed E-state index contributed by atoms with van der Waals surface area (Å²) in [5.41, 5.74) is 1.78. The lowest BCUT2D eigenvalue weighted by atomic mass is 10.1. The SMILES string of the molecule is Cc1c(CSc2nnc(-c3cccs3)n2CC2CCCO2)cccc1[N+](=O)[O-]. The molecule has 0 amide bonds. The maximum absolute atomic E-state index is 11.2. The largest absolute Gasteiger partial charge is 0.376 e. The molecule has 0 aliphatic carbocycles. The summed E-state index contributed by atoms with van der Waals surface area (Å²) in [6.07, 6.45) is 2.29. The van der Waals surface area contributed by atoms with Gasteiger partial charge >= 0.3 is 0 Å². The van der Waals surface area contributed by atoms with Crippen molar-refractivity contribution in [3.8, 4) is 10.7 Å². The summed E-state index contributed by atoms with van der Waals surface area (Å²) in [6.45, 7) is 3.31. The molecule has 4 rings (SSSR count). The number of aromatic nitrogens is 3. The second kappa shape index (κ2) is 8.42. The third-order valence-corrected chi connectivity index (χ3v) is 6.72. The van der Waals surface area contributed by atoms with Gasteiger partial charge < -0.3 is 4.74 Å². The molecule has 0 bridgehead atoms. The molecule has 1 fully saturated rings. The molecule has 1 aliphatic rings. The average Bonchev–Trinajstić information content (AvgIpc) is 3.43. The van der Waals surface area contributed by atoms with Crippen LogP contribution in [0.1, 0.15) is 24.0 Å². The number of thioether (sulfide) groups is 1. The van der Waals surface area contributed by atoms with Gasteiger partial charge in [-0.2, -0.15) is 0 Å². The summed E-state index contributed by atoms with van der Waals surface area (Å²) in [6, 6.07) is 9.24. The van der Waals surface area contributed by atoms with Crippen LogP contribution in [-0.2, 0) is 17.0 Å². The summed E-state index contributed by atoms with van der Waals surface area (Å²) >= 11 is 3.19. The molecular formula is C19H20N4O3S2. The third kappa shape index (κ3) is 3.96. The van der Waals surface area contributed by atoms with E-state index < -0.39 is 0 Å². The second-order valence-electron chi connectivity index (χ2n) is 6.64. The number of nitro groups is 1. The highest BCUT2D eigenvalue weighted by atomic mass is 32.2. The number of rotatable bonds is 7. The van der Waals surface area contributed by atoms with Crippen LogP contribution in [0.25, 0.3) is 10.7 Å². The molecule has 7 nitrogen and oxygen atoms in total. The number of hydrogen-bond acceptors (Lipinski definition) is 7. The first-order valence-corrected chi connectivity index (χ1v) is 10.9. The van der Waals surface area contributed by atoms with Gasteiger partial charge in [0.05, 0.1) is 22.4 Å². The first kappa shape index (κ1) is 19.1. The molecule has 0 spiro atoms. The minimum absolute atomic E-state index is 0.151. The van der Waals surface area contributed by atoms with E-state index in [9.17, 15) is 10.1 Å². The van der Waals surface area contributed by atoms with Crippen molar-refractivity contribution in [2.24, 2.45) is 0 Å². The monoisotopic (exact) mass is 416 g/mol. The van der Waals surface area contributed by atoms with E-state index in [1.54, 1.807) is 42.2 Å². The molecular weight excluding hydrogens is 396 g/mol. The van der Waals surface area contributed by atoms with Gasteiger partial charge in [-0.15, -0.1) is 21.5 Å². The molecule has 146 valence electrons. The van der Waals surface area contributed by atoms with Crippen LogP contribution in [0, 0.1) is 17.0 Å². The Bertz CT molecular complexity index is 966. The van der Waals surface area contributed by atoms with Gasteiger partial charge in [0.1, 0.15) is 0 Å². The number of nitrogens with zero attached hydrogens (tertiary/aromatic N) is 4. The van der Waals surface area contributed by atoms with Crippen molar-refractivity contribution in [3.05, 3.63) is 57.0 Å². The number of ether oxygens (including phenoxy) is 1. The minimum Gasteiger partial charge on any atom is -0.376 e. The van der Waals surface area contributed by atoms with Gasteiger partial charge in [0.25, 0.3) is 5.69 Å². The first-order chi connectivity index (χ1) is 13.6. The highest BCUT2D eigenvalue weighted by molar-refractivity contribution is 7.98. The van der Waals surface area contributed by atoms with Gasteiger partial charge in [-0.1, -0.05) is 30.0 Å². The fourth-order valence-corrected chi connectivity index (χ4v) is 5.04. The van der Waals surface area contributed by atoms with Crippen molar-refractivity contribution in [3.63, 3.8) is 0 Å².